The number of hydrogen-bond acceptors (Lipinski definition) is 4. The number of sulfone groups is 1. The zero-order valence-corrected chi connectivity index (χ0v) is 16.2. The lowest BCUT2D eigenvalue weighted by molar-refractivity contribution is 0.0689. The van der Waals surface area contributed by atoms with E-state index in [2.05, 4.69) is 12.2 Å². The maximum atomic E-state index is 12.7. The number of nitrogens with zero attached hydrogens (tertiary/aromatic N) is 1. The van der Waals surface area contributed by atoms with Gasteiger partial charge in [-0.3, -0.25) is 4.79 Å². The highest BCUT2D eigenvalue weighted by Crippen LogP contribution is 2.22. The Bertz CT molecular complexity index is 668. The normalized spacial score (nSPS) is 15.9. The highest BCUT2D eigenvalue weighted by molar-refractivity contribution is 7.90. The summed E-state index contributed by atoms with van der Waals surface area (Å²) in [7, 11) is -3.30. The van der Waals surface area contributed by atoms with Crippen LogP contribution in [0.25, 0.3) is 0 Å². The van der Waals surface area contributed by atoms with Crippen LogP contribution in [0.1, 0.15) is 35.7 Å². The molecule has 0 unspecified atom stereocenters. The van der Waals surface area contributed by atoms with Crippen LogP contribution in [0, 0.1) is 12.8 Å². The molecule has 0 bridgehead atoms. The Kier molecular flexibility index (Phi) is 7.70. The SMILES string of the molecule is CCNCC1CCN(C(=O)c2cc(S(C)(=O)=O)ccc2C)CC1.Cl. The zero-order chi connectivity index (χ0) is 17.0. The molecule has 0 aliphatic carbocycles. The van der Waals surface area contributed by atoms with Crippen molar-refractivity contribution in [2.24, 2.45) is 5.92 Å². The first-order valence-electron chi connectivity index (χ1n) is 8.13. The number of hydrogen-bond donors (Lipinski definition) is 1. The highest BCUT2D eigenvalue weighted by atomic mass is 35.5. The van der Waals surface area contributed by atoms with Crippen LogP contribution >= 0.6 is 12.4 Å². The maximum absolute atomic E-state index is 12.7. The molecule has 7 heteroatoms. The van der Waals surface area contributed by atoms with Crippen LogP contribution in [0.4, 0.5) is 0 Å². The Balaban J connectivity index is 0.00000288. The number of amides is 1. The van der Waals surface area contributed by atoms with Crippen molar-refractivity contribution in [3.05, 3.63) is 29.3 Å². The standard InChI is InChI=1S/C17H26N2O3S.ClH/c1-4-18-12-14-7-9-19(10-8-14)17(20)16-11-15(23(3,21)22)6-5-13(16)2;/h5-6,11,14,18H,4,7-10,12H2,1-3H3;1H. The molecular formula is C17H27ClN2O3S. The van der Waals surface area contributed by atoms with Crippen LogP contribution in [-0.2, 0) is 9.84 Å². The van der Waals surface area contributed by atoms with Gasteiger partial charge in [-0.1, -0.05) is 13.0 Å². The third-order valence-electron chi connectivity index (χ3n) is 4.45. The lowest BCUT2D eigenvalue weighted by Crippen LogP contribution is -2.41. The number of halogens is 1. The number of benzene rings is 1. The van der Waals surface area contributed by atoms with E-state index >= 15 is 0 Å². The van der Waals surface area contributed by atoms with E-state index in [1.54, 1.807) is 12.1 Å². The van der Waals surface area contributed by atoms with Crippen molar-refractivity contribution >= 4 is 28.2 Å². The fourth-order valence-corrected chi connectivity index (χ4v) is 3.57. The van der Waals surface area contributed by atoms with Gasteiger partial charge in [0.1, 0.15) is 0 Å². The van der Waals surface area contributed by atoms with Gasteiger partial charge in [-0.05, 0) is 56.5 Å². The lowest BCUT2D eigenvalue weighted by Gasteiger charge is -2.32. The average molecular weight is 375 g/mol. The van der Waals surface area contributed by atoms with Crippen molar-refractivity contribution in [3.63, 3.8) is 0 Å². The number of likely N-dealkylation sites (tertiary alicyclic amines) is 1. The van der Waals surface area contributed by atoms with Crippen LogP contribution in [0.15, 0.2) is 23.1 Å². The maximum Gasteiger partial charge on any atom is 0.254 e. The molecule has 1 aliphatic rings. The summed E-state index contributed by atoms with van der Waals surface area (Å²) in [5.74, 6) is 0.553. The van der Waals surface area contributed by atoms with Crippen molar-refractivity contribution in [2.45, 2.75) is 31.6 Å². The van der Waals surface area contributed by atoms with Gasteiger partial charge in [-0.2, -0.15) is 0 Å². The minimum absolute atomic E-state index is 0. The summed E-state index contributed by atoms with van der Waals surface area (Å²) < 4.78 is 23.4. The van der Waals surface area contributed by atoms with Gasteiger partial charge in [0.15, 0.2) is 9.84 Å². The number of rotatable bonds is 5. The number of nitrogens with one attached hydrogen (secondary N) is 1. The van der Waals surface area contributed by atoms with Gasteiger partial charge >= 0.3 is 0 Å². The van der Waals surface area contributed by atoms with E-state index in [1.165, 1.54) is 6.07 Å². The Morgan fingerprint density at radius 1 is 1.29 bits per heavy atom. The van der Waals surface area contributed by atoms with Gasteiger partial charge in [0.05, 0.1) is 4.90 Å². The monoisotopic (exact) mass is 374 g/mol. The van der Waals surface area contributed by atoms with Gasteiger partial charge in [0.25, 0.3) is 5.91 Å². The predicted molar refractivity (Wildman–Crippen MR) is 98.7 cm³/mol. The molecule has 5 nitrogen and oxygen atoms in total. The summed E-state index contributed by atoms with van der Waals surface area (Å²) in [4.78, 5) is 14.8. The van der Waals surface area contributed by atoms with E-state index in [9.17, 15) is 13.2 Å². The summed E-state index contributed by atoms with van der Waals surface area (Å²) in [6.07, 6.45) is 3.14. The van der Waals surface area contributed by atoms with Crippen LogP contribution in [0.2, 0.25) is 0 Å². The summed E-state index contributed by atoms with van der Waals surface area (Å²) in [6, 6.07) is 4.78. The van der Waals surface area contributed by atoms with Crippen molar-refractivity contribution in [1.82, 2.24) is 10.2 Å². The topological polar surface area (TPSA) is 66.5 Å². The molecule has 0 spiro atoms. The molecule has 1 aromatic carbocycles. The minimum Gasteiger partial charge on any atom is -0.339 e. The molecular weight excluding hydrogens is 348 g/mol. The molecule has 0 atom stereocenters. The summed E-state index contributed by atoms with van der Waals surface area (Å²) in [5.41, 5.74) is 1.32. The smallest absolute Gasteiger partial charge is 0.254 e. The van der Waals surface area contributed by atoms with E-state index < -0.39 is 9.84 Å². The van der Waals surface area contributed by atoms with E-state index in [4.69, 9.17) is 0 Å². The molecule has 2 rings (SSSR count). The van der Waals surface area contributed by atoms with Crippen molar-refractivity contribution < 1.29 is 13.2 Å². The molecule has 0 saturated carbocycles. The molecule has 24 heavy (non-hydrogen) atoms. The molecule has 1 aromatic rings. The summed E-state index contributed by atoms with van der Waals surface area (Å²) in [5, 5.41) is 3.36. The first kappa shape index (κ1) is 20.9. The third kappa shape index (κ3) is 5.19. The van der Waals surface area contributed by atoms with Crippen molar-refractivity contribution in [2.75, 3.05) is 32.4 Å². The first-order chi connectivity index (χ1) is 10.8. The van der Waals surface area contributed by atoms with Crippen LogP contribution in [0.5, 0.6) is 0 Å². The molecule has 1 saturated heterocycles. The predicted octanol–water partition coefficient (Wildman–Crippen LogP) is 2.28. The fraction of sp³-hybridized carbons (Fsp3) is 0.588. The fourth-order valence-electron chi connectivity index (χ4n) is 2.92. The Morgan fingerprint density at radius 2 is 1.92 bits per heavy atom. The van der Waals surface area contributed by atoms with Crippen molar-refractivity contribution in [1.29, 1.82) is 0 Å². The van der Waals surface area contributed by atoms with E-state index in [1.807, 2.05) is 11.8 Å². The van der Waals surface area contributed by atoms with Gasteiger partial charge in [-0.15, -0.1) is 12.4 Å². The second-order valence-electron chi connectivity index (χ2n) is 6.29. The molecule has 1 heterocycles. The van der Waals surface area contributed by atoms with Gasteiger partial charge in [-0.25, -0.2) is 8.42 Å². The highest BCUT2D eigenvalue weighted by Gasteiger charge is 2.25. The second-order valence-corrected chi connectivity index (χ2v) is 8.31. The first-order valence-corrected chi connectivity index (χ1v) is 10.0. The Hall–Kier alpha value is -1.11. The molecule has 1 aliphatic heterocycles. The second kappa shape index (κ2) is 8.83. The molecule has 0 radical (unpaired) electrons. The number of carbonyl (C=O) groups is 1. The van der Waals surface area contributed by atoms with Crippen LogP contribution < -0.4 is 5.32 Å². The quantitative estimate of drug-likeness (QED) is 0.858. The molecule has 1 fully saturated rings. The van der Waals surface area contributed by atoms with Crippen molar-refractivity contribution in [3.8, 4) is 0 Å². The number of aryl methyl sites for hydroxylation is 1. The van der Waals surface area contributed by atoms with Crippen LogP contribution in [0.3, 0.4) is 0 Å². The van der Waals surface area contributed by atoms with Gasteiger partial charge in [0.2, 0.25) is 0 Å². The molecule has 1 amide bonds. The summed E-state index contributed by atoms with van der Waals surface area (Å²) >= 11 is 0. The van der Waals surface area contributed by atoms with E-state index in [0.29, 0.717) is 11.5 Å². The molecule has 0 aromatic heterocycles. The summed E-state index contributed by atoms with van der Waals surface area (Å²) in [6.45, 7) is 7.38. The van der Waals surface area contributed by atoms with E-state index in [-0.39, 0.29) is 23.2 Å². The molecule has 136 valence electrons. The van der Waals surface area contributed by atoms with E-state index in [0.717, 1.165) is 50.8 Å². The Labute approximate surface area is 151 Å². The Morgan fingerprint density at radius 3 is 2.46 bits per heavy atom. The largest absolute Gasteiger partial charge is 0.339 e. The number of carbonyl (C=O) groups excluding carboxylic acids is 1. The molecule has 1 N–H and O–H groups in total. The average Bonchev–Trinajstić information content (AvgIpc) is 2.52. The third-order valence-corrected chi connectivity index (χ3v) is 5.56. The lowest BCUT2D eigenvalue weighted by atomic mass is 9.96. The zero-order valence-electron chi connectivity index (χ0n) is 14.5. The minimum atomic E-state index is -3.30. The van der Waals surface area contributed by atoms with Gasteiger partial charge in [0, 0.05) is 24.9 Å². The van der Waals surface area contributed by atoms with Gasteiger partial charge < -0.3 is 10.2 Å². The van der Waals surface area contributed by atoms with Crippen LogP contribution in [-0.4, -0.2) is 51.7 Å². The number of piperidine rings is 1.